The van der Waals surface area contributed by atoms with Gasteiger partial charge in [-0.05, 0) is 66.8 Å². The van der Waals surface area contributed by atoms with E-state index < -0.39 is 17.8 Å². The van der Waals surface area contributed by atoms with Crippen molar-refractivity contribution < 1.29 is 18.7 Å². The van der Waals surface area contributed by atoms with Gasteiger partial charge in [-0.25, -0.2) is 4.98 Å². The zero-order chi connectivity index (χ0) is 21.1. The molecule has 1 N–H and O–H groups in total. The Labute approximate surface area is 176 Å². The zero-order valence-electron chi connectivity index (χ0n) is 15.4. The fraction of sp³-hybridized carbons (Fsp3) is 0. The minimum Gasteiger partial charge on any atom is -0.457 e. The number of anilines is 1. The fourth-order valence-electron chi connectivity index (χ4n) is 2.83. The summed E-state index contributed by atoms with van der Waals surface area (Å²) in [6.07, 6.45) is 1.22. The Bertz CT molecular complexity index is 1160. The third-order valence-electron chi connectivity index (χ3n) is 4.20. The van der Waals surface area contributed by atoms with Crippen molar-refractivity contribution in [3.63, 3.8) is 0 Å². The average Bonchev–Trinajstić information content (AvgIpc) is 2.73. The molecule has 0 unspecified atom stereocenters. The Morgan fingerprint density at radius 2 is 1.63 bits per heavy atom. The third-order valence-corrected chi connectivity index (χ3v) is 4.49. The summed E-state index contributed by atoms with van der Waals surface area (Å²) >= 11 is 5.18. The van der Waals surface area contributed by atoms with Gasteiger partial charge in [0, 0.05) is 0 Å². The molecule has 2 amide bonds. The molecule has 148 valence electrons. The van der Waals surface area contributed by atoms with Crippen molar-refractivity contribution >= 4 is 40.9 Å². The maximum Gasteiger partial charge on any atom is 0.270 e. The van der Waals surface area contributed by atoms with Gasteiger partial charge in [0.05, 0.1) is 11.4 Å². The van der Waals surface area contributed by atoms with Crippen molar-refractivity contribution in [2.45, 2.75) is 0 Å². The summed E-state index contributed by atoms with van der Waals surface area (Å²) in [4.78, 5) is 30.1. The van der Waals surface area contributed by atoms with Crippen LogP contribution in [0.5, 0.6) is 11.5 Å². The van der Waals surface area contributed by atoms with Crippen LogP contribution in [-0.2, 0) is 9.59 Å². The number of carbonyl (C=O) groups excluding carboxylic acids is 2. The maximum atomic E-state index is 13.3. The number of carbonyl (C=O) groups is 2. The molecule has 0 aliphatic carbocycles. The van der Waals surface area contributed by atoms with Crippen LogP contribution in [-0.4, -0.2) is 21.9 Å². The first-order chi connectivity index (χ1) is 14.5. The monoisotopic (exact) mass is 419 g/mol. The van der Waals surface area contributed by atoms with Crippen molar-refractivity contribution in [3.05, 3.63) is 90.0 Å². The average molecular weight is 419 g/mol. The first-order valence-corrected chi connectivity index (χ1v) is 9.29. The molecule has 2 heterocycles. The topological polar surface area (TPSA) is 71.5 Å². The molecule has 0 radical (unpaired) electrons. The number of nitrogens with zero attached hydrogens (tertiary/aromatic N) is 2. The fourth-order valence-corrected chi connectivity index (χ4v) is 3.11. The van der Waals surface area contributed by atoms with Gasteiger partial charge in [-0.2, -0.15) is 4.39 Å². The molecule has 1 aliphatic rings. The minimum atomic E-state index is -0.714. The number of ether oxygens (including phenoxy) is 1. The normalized spacial score (nSPS) is 15.3. The highest BCUT2D eigenvalue weighted by atomic mass is 32.1. The van der Waals surface area contributed by atoms with Crippen molar-refractivity contribution in [1.29, 1.82) is 0 Å². The molecule has 3 aromatic rings. The van der Waals surface area contributed by atoms with Gasteiger partial charge in [-0.1, -0.05) is 24.3 Å². The number of halogens is 1. The Balaban J connectivity index is 1.60. The van der Waals surface area contributed by atoms with Crippen LogP contribution >= 0.6 is 12.2 Å². The molecule has 1 aliphatic heterocycles. The van der Waals surface area contributed by atoms with E-state index in [4.69, 9.17) is 17.0 Å². The predicted octanol–water partition coefficient (Wildman–Crippen LogP) is 3.84. The molecule has 30 heavy (non-hydrogen) atoms. The van der Waals surface area contributed by atoms with E-state index in [2.05, 4.69) is 10.3 Å². The van der Waals surface area contributed by atoms with Gasteiger partial charge in [-0.3, -0.25) is 19.8 Å². The number of nitrogens with one attached hydrogen (secondary N) is 1. The lowest BCUT2D eigenvalue weighted by Gasteiger charge is -2.29. The van der Waals surface area contributed by atoms with Crippen molar-refractivity contribution in [2.75, 3.05) is 4.90 Å². The van der Waals surface area contributed by atoms with Gasteiger partial charge < -0.3 is 4.74 Å². The van der Waals surface area contributed by atoms with Crippen LogP contribution in [0.4, 0.5) is 10.1 Å². The predicted molar refractivity (Wildman–Crippen MR) is 113 cm³/mol. The summed E-state index contributed by atoms with van der Waals surface area (Å²) in [5, 5.41) is 2.42. The molecule has 6 nitrogen and oxygen atoms in total. The summed E-state index contributed by atoms with van der Waals surface area (Å²) < 4.78 is 19.1. The second-order valence-electron chi connectivity index (χ2n) is 6.25. The highest BCUT2D eigenvalue weighted by molar-refractivity contribution is 7.80. The Kier molecular flexibility index (Phi) is 5.32. The van der Waals surface area contributed by atoms with Crippen LogP contribution < -0.4 is 15.0 Å². The van der Waals surface area contributed by atoms with Gasteiger partial charge >= 0.3 is 0 Å². The van der Waals surface area contributed by atoms with Crippen LogP contribution in [0.15, 0.2) is 78.4 Å². The van der Waals surface area contributed by atoms with Crippen LogP contribution in [0.25, 0.3) is 6.08 Å². The standard InChI is InChI=1S/C22H14FN3O3S/c23-19-8-4-5-14(24-19)13-18-20(27)25-22(30)26(21(18)28)15-9-11-17(12-10-15)29-16-6-2-1-3-7-16/h1-13H,(H,25,27,30)/b18-13+. The molecule has 0 bridgehead atoms. The Hall–Kier alpha value is -3.91. The summed E-state index contributed by atoms with van der Waals surface area (Å²) in [5.74, 6) is -0.767. The van der Waals surface area contributed by atoms with Gasteiger partial charge in [0.25, 0.3) is 11.8 Å². The highest BCUT2D eigenvalue weighted by Crippen LogP contribution is 2.26. The quantitative estimate of drug-likeness (QED) is 0.301. The van der Waals surface area contributed by atoms with E-state index in [1.54, 1.807) is 24.3 Å². The second kappa shape index (κ2) is 8.22. The molecule has 8 heteroatoms. The van der Waals surface area contributed by atoms with Gasteiger partial charge in [-0.15, -0.1) is 0 Å². The van der Waals surface area contributed by atoms with Crippen molar-refractivity contribution in [3.8, 4) is 11.5 Å². The number of amides is 2. The number of para-hydroxylation sites is 1. The lowest BCUT2D eigenvalue weighted by atomic mass is 10.1. The smallest absolute Gasteiger partial charge is 0.270 e. The molecule has 0 spiro atoms. The van der Waals surface area contributed by atoms with Crippen LogP contribution in [0, 0.1) is 5.95 Å². The molecule has 2 aromatic carbocycles. The molecule has 1 fully saturated rings. The van der Waals surface area contributed by atoms with E-state index in [1.165, 1.54) is 29.2 Å². The number of rotatable bonds is 4. The lowest BCUT2D eigenvalue weighted by molar-refractivity contribution is -0.122. The van der Waals surface area contributed by atoms with Crippen molar-refractivity contribution in [2.24, 2.45) is 0 Å². The molecular weight excluding hydrogens is 405 g/mol. The summed E-state index contributed by atoms with van der Waals surface area (Å²) in [6, 6.07) is 20.0. The third kappa shape index (κ3) is 4.08. The molecular formula is C22H14FN3O3S. The zero-order valence-corrected chi connectivity index (χ0v) is 16.2. The second-order valence-corrected chi connectivity index (χ2v) is 6.64. The van der Waals surface area contributed by atoms with Gasteiger partial charge in [0.1, 0.15) is 17.1 Å². The minimum absolute atomic E-state index is 0.0499. The Morgan fingerprint density at radius 1 is 0.933 bits per heavy atom. The van der Waals surface area contributed by atoms with Gasteiger partial charge in [0.15, 0.2) is 5.11 Å². The first kappa shape index (κ1) is 19.4. The molecule has 4 rings (SSSR count). The number of benzene rings is 2. The molecule has 0 saturated carbocycles. The number of aromatic nitrogens is 1. The SMILES string of the molecule is O=C1NC(=S)N(c2ccc(Oc3ccccc3)cc2)C(=O)/C1=C/c1cccc(F)n1. The van der Waals surface area contributed by atoms with E-state index in [9.17, 15) is 14.0 Å². The van der Waals surface area contributed by atoms with E-state index in [-0.39, 0.29) is 16.4 Å². The number of hydrogen-bond donors (Lipinski definition) is 1. The summed E-state index contributed by atoms with van der Waals surface area (Å²) in [6.45, 7) is 0. The molecule has 1 aromatic heterocycles. The van der Waals surface area contributed by atoms with Crippen LogP contribution in [0.2, 0.25) is 0 Å². The van der Waals surface area contributed by atoms with Crippen LogP contribution in [0.3, 0.4) is 0 Å². The van der Waals surface area contributed by atoms with Gasteiger partial charge in [0.2, 0.25) is 5.95 Å². The molecule has 1 saturated heterocycles. The first-order valence-electron chi connectivity index (χ1n) is 8.88. The number of pyridine rings is 1. The van der Waals surface area contributed by atoms with E-state index in [0.29, 0.717) is 17.2 Å². The highest BCUT2D eigenvalue weighted by Gasteiger charge is 2.34. The number of thiocarbonyl (C=S) groups is 1. The van der Waals surface area contributed by atoms with E-state index >= 15 is 0 Å². The largest absolute Gasteiger partial charge is 0.457 e. The van der Waals surface area contributed by atoms with Crippen LogP contribution in [0.1, 0.15) is 5.69 Å². The lowest BCUT2D eigenvalue weighted by Crippen LogP contribution is -2.54. The maximum absolute atomic E-state index is 13.3. The number of hydrogen-bond acceptors (Lipinski definition) is 5. The molecule has 0 atom stereocenters. The Morgan fingerprint density at radius 3 is 2.33 bits per heavy atom. The van der Waals surface area contributed by atoms with Crippen molar-refractivity contribution in [1.82, 2.24) is 10.3 Å². The summed E-state index contributed by atoms with van der Waals surface area (Å²) in [5.41, 5.74) is 0.391. The summed E-state index contributed by atoms with van der Waals surface area (Å²) in [7, 11) is 0. The van der Waals surface area contributed by atoms with E-state index in [1.807, 2.05) is 30.3 Å². The van der Waals surface area contributed by atoms with E-state index in [0.717, 1.165) is 0 Å².